The van der Waals surface area contributed by atoms with Gasteiger partial charge in [-0.1, -0.05) is 71.8 Å². The number of aryl methyl sites for hydroxylation is 1. The summed E-state index contributed by atoms with van der Waals surface area (Å²) in [6, 6.07) is 20.6. The second-order valence-electron chi connectivity index (χ2n) is 7.45. The highest BCUT2D eigenvalue weighted by atomic mass is 35.5. The van der Waals surface area contributed by atoms with Crippen LogP contribution in [0.15, 0.2) is 72.8 Å². The molecule has 0 aliphatic rings. The number of hydrogen-bond donors (Lipinski definition) is 1. The summed E-state index contributed by atoms with van der Waals surface area (Å²) in [5.41, 5.74) is 2.75. The van der Waals surface area contributed by atoms with Crippen molar-refractivity contribution >= 4 is 39.0 Å². The number of benzene rings is 3. The zero-order valence-electron chi connectivity index (χ0n) is 17.7. The van der Waals surface area contributed by atoms with E-state index in [0.29, 0.717) is 10.6 Å². The van der Waals surface area contributed by atoms with Gasteiger partial charge in [0.15, 0.2) is 5.78 Å². The fourth-order valence-electron chi connectivity index (χ4n) is 3.10. The van der Waals surface area contributed by atoms with Gasteiger partial charge in [0, 0.05) is 22.7 Å². The maximum Gasteiger partial charge on any atom is 0.239 e. The SMILES string of the molecule is Cc1ccc(CN(CC(=O)Nc2ccc(Cl)cc2C(=O)c2ccccc2)S(C)(=O)=O)cc1. The van der Waals surface area contributed by atoms with Crippen LogP contribution in [0, 0.1) is 6.92 Å². The Bertz CT molecular complexity index is 1230. The quantitative estimate of drug-likeness (QED) is 0.498. The van der Waals surface area contributed by atoms with Crippen molar-refractivity contribution in [1.82, 2.24) is 4.31 Å². The van der Waals surface area contributed by atoms with Crippen molar-refractivity contribution in [2.24, 2.45) is 0 Å². The molecule has 0 atom stereocenters. The molecule has 0 spiro atoms. The summed E-state index contributed by atoms with van der Waals surface area (Å²) in [4.78, 5) is 25.7. The molecule has 166 valence electrons. The van der Waals surface area contributed by atoms with Crippen LogP contribution < -0.4 is 5.32 Å². The molecule has 0 bridgehead atoms. The van der Waals surface area contributed by atoms with Crippen molar-refractivity contribution in [2.75, 3.05) is 18.1 Å². The van der Waals surface area contributed by atoms with E-state index in [-0.39, 0.29) is 23.6 Å². The van der Waals surface area contributed by atoms with Gasteiger partial charge >= 0.3 is 0 Å². The lowest BCUT2D eigenvalue weighted by Gasteiger charge is -2.20. The Morgan fingerprint density at radius 1 is 0.969 bits per heavy atom. The standard InChI is InChI=1S/C24H23ClN2O4S/c1-17-8-10-18(11-9-17)15-27(32(2,30)31)16-23(28)26-22-13-12-20(25)14-21(22)24(29)19-6-4-3-5-7-19/h3-14H,15-16H2,1-2H3,(H,26,28). The molecule has 0 aliphatic carbocycles. The predicted molar refractivity (Wildman–Crippen MR) is 126 cm³/mol. The number of amides is 1. The van der Waals surface area contributed by atoms with Gasteiger partial charge in [-0.05, 0) is 30.7 Å². The molecule has 8 heteroatoms. The maximum absolute atomic E-state index is 12.9. The Morgan fingerprint density at radius 2 is 1.62 bits per heavy atom. The van der Waals surface area contributed by atoms with E-state index in [9.17, 15) is 18.0 Å². The number of anilines is 1. The first-order valence-corrected chi connectivity index (χ1v) is 12.1. The van der Waals surface area contributed by atoms with Crippen molar-refractivity contribution < 1.29 is 18.0 Å². The number of nitrogens with one attached hydrogen (secondary N) is 1. The summed E-state index contributed by atoms with van der Waals surface area (Å²) in [6.45, 7) is 1.60. The van der Waals surface area contributed by atoms with Crippen molar-refractivity contribution in [3.63, 3.8) is 0 Å². The lowest BCUT2D eigenvalue weighted by atomic mass is 10.0. The fourth-order valence-corrected chi connectivity index (χ4v) is 4.00. The molecule has 1 amide bonds. The Hall–Kier alpha value is -3.00. The van der Waals surface area contributed by atoms with E-state index in [1.54, 1.807) is 36.4 Å². The van der Waals surface area contributed by atoms with Crippen LogP contribution >= 0.6 is 11.6 Å². The van der Waals surface area contributed by atoms with Crippen molar-refractivity contribution in [1.29, 1.82) is 0 Å². The average molecular weight is 471 g/mol. The van der Waals surface area contributed by atoms with Gasteiger partial charge < -0.3 is 5.32 Å². The third-order valence-electron chi connectivity index (χ3n) is 4.80. The van der Waals surface area contributed by atoms with Crippen molar-refractivity contribution in [3.8, 4) is 0 Å². The minimum atomic E-state index is -3.65. The van der Waals surface area contributed by atoms with E-state index >= 15 is 0 Å². The lowest BCUT2D eigenvalue weighted by Crippen LogP contribution is -2.37. The van der Waals surface area contributed by atoms with Crippen LogP contribution in [-0.4, -0.2) is 37.2 Å². The van der Waals surface area contributed by atoms with Gasteiger partial charge in [0.1, 0.15) is 0 Å². The van der Waals surface area contributed by atoms with Crippen LogP contribution in [0.1, 0.15) is 27.0 Å². The Balaban J connectivity index is 1.81. The second-order valence-corrected chi connectivity index (χ2v) is 9.87. The number of hydrogen-bond acceptors (Lipinski definition) is 4. The zero-order valence-corrected chi connectivity index (χ0v) is 19.3. The van der Waals surface area contributed by atoms with Gasteiger partial charge in [-0.25, -0.2) is 8.42 Å². The first-order valence-electron chi connectivity index (χ1n) is 9.83. The fraction of sp³-hybridized carbons (Fsp3) is 0.167. The third-order valence-corrected chi connectivity index (χ3v) is 6.24. The van der Waals surface area contributed by atoms with E-state index in [4.69, 9.17) is 11.6 Å². The minimum absolute atomic E-state index is 0.0585. The molecule has 3 aromatic rings. The molecular weight excluding hydrogens is 448 g/mol. The normalized spacial score (nSPS) is 11.4. The topological polar surface area (TPSA) is 83.6 Å². The third kappa shape index (κ3) is 6.26. The molecule has 0 aromatic heterocycles. The van der Waals surface area contributed by atoms with Crippen LogP contribution in [0.4, 0.5) is 5.69 Å². The highest BCUT2D eigenvalue weighted by Gasteiger charge is 2.22. The summed E-state index contributed by atoms with van der Waals surface area (Å²) < 4.78 is 25.6. The largest absolute Gasteiger partial charge is 0.324 e. The van der Waals surface area contributed by atoms with Crippen LogP contribution in [0.25, 0.3) is 0 Å². The molecule has 3 aromatic carbocycles. The Kier molecular flexibility index (Phi) is 7.45. The molecule has 0 heterocycles. The highest BCUT2D eigenvalue weighted by Crippen LogP contribution is 2.24. The number of rotatable bonds is 8. The van der Waals surface area contributed by atoms with Gasteiger partial charge in [0.2, 0.25) is 15.9 Å². The number of carbonyl (C=O) groups is 2. The van der Waals surface area contributed by atoms with Gasteiger partial charge in [-0.2, -0.15) is 4.31 Å². The van der Waals surface area contributed by atoms with Crippen molar-refractivity contribution in [2.45, 2.75) is 13.5 Å². The van der Waals surface area contributed by atoms with Crippen molar-refractivity contribution in [3.05, 3.63) is 100 Å². The van der Waals surface area contributed by atoms with E-state index < -0.39 is 22.5 Å². The summed E-state index contributed by atoms with van der Waals surface area (Å²) in [7, 11) is -3.65. The summed E-state index contributed by atoms with van der Waals surface area (Å²) in [5, 5.41) is 3.01. The number of ketones is 1. The first-order chi connectivity index (χ1) is 15.1. The molecule has 3 rings (SSSR count). The predicted octanol–water partition coefficient (Wildman–Crippen LogP) is 4.28. The van der Waals surface area contributed by atoms with Crippen LogP contribution in [0.5, 0.6) is 0 Å². The maximum atomic E-state index is 12.9. The molecule has 0 saturated carbocycles. The Labute approximate surface area is 192 Å². The first kappa shape index (κ1) is 23.7. The van der Waals surface area contributed by atoms with E-state index in [1.807, 2.05) is 31.2 Å². The van der Waals surface area contributed by atoms with Gasteiger partial charge in [0.05, 0.1) is 18.5 Å². The Morgan fingerprint density at radius 3 is 2.25 bits per heavy atom. The molecule has 0 aliphatic heterocycles. The highest BCUT2D eigenvalue weighted by molar-refractivity contribution is 7.88. The smallest absolute Gasteiger partial charge is 0.239 e. The van der Waals surface area contributed by atoms with E-state index in [1.165, 1.54) is 12.1 Å². The molecule has 1 N–H and O–H groups in total. The second kappa shape index (κ2) is 10.1. The summed E-state index contributed by atoms with van der Waals surface area (Å²) in [5.74, 6) is -0.866. The zero-order chi connectivity index (χ0) is 23.3. The molecule has 0 unspecified atom stereocenters. The molecular formula is C24H23ClN2O4S. The number of carbonyl (C=O) groups excluding carboxylic acids is 2. The van der Waals surface area contributed by atoms with E-state index in [2.05, 4.69) is 5.32 Å². The van der Waals surface area contributed by atoms with Crippen LogP contribution in [0.2, 0.25) is 5.02 Å². The number of nitrogens with zero attached hydrogens (tertiary/aromatic N) is 1. The average Bonchev–Trinajstić information content (AvgIpc) is 2.75. The molecule has 6 nitrogen and oxygen atoms in total. The number of halogens is 1. The minimum Gasteiger partial charge on any atom is -0.324 e. The number of sulfonamides is 1. The molecule has 0 radical (unpaired) electrons. The summed E-state index contributed by atoms with van der Waals surface area (Å²) >= 11 is 6.08. The van der Waals surface area contributed by atoms with Crippen LogP contribution in [-0.2, 0) is 21.4 Å². The molecule has 0 fully saturated rings. The van der Waals surface area contributed by atoms with Crippen LogP contribution in [0.3, 0.4) is 0 Å². The lowest BCUT2D eigenvalue weighted by molar-refractivity contribution is -0.116. The van der Waals surface area contributed by atoms with Gasteiger partial charge in [0.25, 0.3) is 0 Å². The summed E-state index contributed by atoms with van der Waals surface area (Å²) in [6.07, 6.45) is 1.06. The van der Waals surface area contributed by atoms with Gasteiger partial charge in [-0.3, -0.25) is 9.59 Å². The molecule has 0 saturated heterocycles. The monoisotopic (exact) mass is 470 g/mol. The van der Waals surface area contributed by atoms with Gasteiger partial charge in [-0.15, -0.1) is 0 Å². The van der Waals surface area contributed by atoms with E-state index in [0.717, 1.165) is 21.7 Å². The molecule has 32 heavy (non-hydrogen) atoms.